The number of hydrogen-bond donors (Lipinski definition) is 2. The van der Waals surface area contributed by atoms with Crippen LogP contribution in [0, 0.1) is 17.8 Å². The lowest BCUT2D eigenvalue weighted by Crippen LogP contribution is -2.18. The molecule has 2 aliphatic rings. The Morgan fingerprint density at radius 1 is 1.43 bits per heavy atom. The Kier molecular flexibility index (Phi) is 1.87. The van der Waals surface area contributed by atoms with E-state index >= 15 is 0 Å². The number of rotatable bonds is 3. The van der Waals surface area contributed by atoms with Crippen LogP contribution in [0.5, 0.6) is 0 Å². The Hall–Kier alpha value is -1.16. The van der Waals surface area contributed by atoms with E-state index in [1.807, 2.05) is 12.1 Å². The maximum absolute atomic E-state index is 4.00. The summed E-state index contributed by atoms with van der Waals surface area (Å²) in [7, 11) is 0. The number of piperidine rings is 1. The molecule has 1 aliphatic carbocycles. The molecule has 0 radical (unpaired) electrons. The molecule has 0 aromatic carbocycles. The first-order valence-corrected chi connectivity index (χ1v) is 5.17. The van der Waals surface area contributed by atoms with Crippen molar-refractivity contribution in [3.63, 3.8) is 0 Å². The number of fused-ring (bicyclic) bond motifs is 1. The summed E-state index contributed by atoms with van der Waals surface area (Å²) < 4.78 is 0. The average Bonchev–Trinajstić information content (AvgIpc) is 2.69. The lowest BCUT2D eigenvalue weighted by Gasteiger charge is -2.06. The van der Waals surface area contributed by atoms with E-state index in [2.05, 4.69) is 20.8 Å². The lowest BCUT2D eigenvalue weighted by molar-refractivity contribution is 0.614. The van der Waals surface area contributed by atoms with E-state index in [9.17, 15) is 0 Å². The first kappa shape index (κ1) is 8.17. The summed E-state index contributed by atoms with van der Waals surface area (Å²) >= 11 is 0. The smallest absolute Gasteiger partial charge is 0.148 e. The fourth-order valence-corrected chi connectivity index (χ4v) is 2.47. The molecule has 2 N–H and O–H groups in total. The summed E-state index contributed by atoms with van der Waals surface area (Å²) in [6.07, 6.45) is 1.70. The molecule has 1 saturated heterocycles. The third-order valence-electron chi connectivity index (χ3n) is 3.36. The van der Waals surface area contributed by atoms with Crippen molar-refractivity contribution in [3.8, 4) is 0 Å². The van der Waals surface area contributed by atoms with Crippen molar-refractivity contribution in [1.29, 1.82) is 0 Å². The second-order valence-electron chi connectivity index (χ2n) is 4.14. The van der Waals surface area contributed by atoms with E-state index in [1.54, 1.807) is 6.20 Å². The van der Waals surface area contributed by atoms with E-state index < -0.39 is 0 Å². The van der Waals surface area contributed by atoms with Gasteiger partial charge in [0.25, 0.3) is 0 Å². The topological polar surface area (TPSA) is 49.8 Å². The Morgan fingerprint density at radius 3 is 3.00 bits per heavy atom. The zero-order valence-corrected chi connectivity index (χ0v) is 7.98. The Morgan fingerprint density at radius 2 is 2.29 bits per heavy atom. The maximum atomic E-state index is 4.00. The van der Waals surface area contributed by atoms with Crippen LogP contribution in [0.25, 0.3) is 0 Å². The molecule has 1 aliphatic heterocycles. The molecule has 1 aromatic rings. The Bertz CT molecular complexity index is 303. The van der Waals surface area contributed by atoms with Crippen molar-refractivity contribution in [1.82, 2.24) is 15.5 Å². The van der Waals surface area contributed by atoms with Crippen LogP contribution in [-0.2, 0) is 0 Å². The predicted octanol–water partition coefficient (Wildman–Crippen LogP) is 0.354. The van der Waals surface area contributed by atoms with Gasteiger partial charge in [0.05, 0.1) is 0 Å². The van der Waals surface area contributed by atoms with Crippen LogP contribution in [0.15, 0.2) is 18.3 Å². The summed E-state index contributed by atoms with van der Waals surface area (Å²) in [5.74, 6) is 3.59. The van der Waals surface area contributed by atoms with E-state index in [4.69, 9.17) is 0 Å². The van der Waals surface area contributed by atoms with Gasteiger partial charge in [0.1, 0.15) is 5.82 Å². The molecule has 0 spiro atoms. The second kappa shape index (κ2) is 3.20. The second-order valence-corrected chi connectivity index (χ2v) is 4.14. The lowest BCUT2D eigenvalue weighted by atomic mass is 10.3. The first-order chi connectivity index (χ1) is 6.95. The molecule has 1 saturated carbocycles. The number of hydrogen-bond acceptors (Lipinski definition) is 4. The molecule has 4 heteroatoms. The Labute approximate surface area is 83.1 Å². The molecule has 0 amide bonds. The van der Waals surface area contributed by atoms with Crippen LogP contribution >= 0.6 is 0 Å². The van der Waals surface area contributed by atoms with Gasteiger partial charge >= 0.3 is 0 Å². The number of nitrogens with zero attached hydrogens (tertiary/aromatic N) is 2. The number of aromatic nitrogens is 2. The third kappa shape index (κ3) is 1.35. The molecular formula is C10H14N4. The normalized spacial score (nSPS) is 33.9. The minimum atomic E-state index is 0.859. The minimum Gasteiger partial charge on any atom is -0.368 e. The van der Waals surface area contributed by atoms with Gasteiger partial charge in [-0.15, -0.1) is 5.10 Å². The molecule has 2 unspecified atom stereocenters. The summed E-state index contributed by atoms with van der Waals surface area (Å²) in [4.78, 5) is 0. The molecule has 0 bridgehead atoms. The first-order valence-electron chi connectivity index (χ1n) is 5.17. The highest BCUT2D eigenvalue weighted by Crippen LogP contribution is 2.48. The summed E-state index contributed by atoms with van der Waals surface area (Å²) in [5, 5.41) is 14.6. The Balaban J connectivity index is 1.52. The van der Waals surface area contributed by atoms with Crippen molar-refractivity contribution >= 4 is 5.82 Å². The van der Waals surface area contributed by atoms with E-state index in [-0.39, 0.29) is 0 Å². The summed E-state index contributed by atoms with van der Waals surface area (Å²) in [6.45, 7) is 3.46. The van der Waals surface area contributed by atoms with Gasteiger partial charge in [-0.1, -0.05) is 0 Å². The quantitative estimate of drug-likeness (QED) is 0.722. The highest BCUT2D eigenvalue weighted by molar-refractivity contribution is 5.32. The minimum absolute atomic E-state index is 0.859. The van der Waals surface area contributed by atoms with Crippen molar-refractivity contribution in [2.75, 3.05) is 25.0 Å². The van der Waals surface area contributed by atoms with Crippen LogP contribution in [0.4, 0.5) is 5.82 Å². The van der Waals surface area contributed by atoms with Gasteiger partial charge in [0.15, 0.2) is 0 Å². The highest BCUT2D eigenvalue weighted by atomic mass is 15.2. The van der Waals surface area contributed by atoms with Gasteiger partial charge in [-0.25, -0.2) is 0 Å². The zero-order valence-electron chi connectivity index (χ0n) is 7.98. The highest BCUT2D eigenvalue weighted by Gasteiger charge is 2.52. The van der Waals surface area contributed by atoms with Crippen LogP contribution in [0.3, 0.4) is 0 Å². The van der Waals surface area contributed by atoms with Gasteiger partial charge in [-0.3, -0.25) is 0 Å². The van der Waals surface area contributed by atoms with Crippen LogP contribution in [0.2, 0.25) is 0 Å². The van der Waals surface area contributed by atoms with Gasteiger partial charge < -0.3 is 10.6 Å². The molecule has 1 aromatic heterocycles. The maximum Gasteiger partial charge on any atom is 0.148 e. The van der Waals surface area contributed by atoms with Crippen LogP contribution < -0.4 is 10.6 Å². The molecular weight excluding hydrogens is 176 g/mol. The molecule has 2 atom stereocenters. The van der Waals surface area contributed by atoms with Gasteiger partial charge in [-0.05, 0) is 43.0 Å². The van der Waals surface area contributed by atoms with E-state index in [0.29, 0.717) is 0 Å². The number of anilines is 1. The van der Waals surface area contributed by atoms with Gasteiger partial charge in [0.2, 0.25) is 0 Å². The standard InChI is InChI=1S/C10H14N4/c1-2-10(14-13-3-1)12-6-9-7-4-11-5-8(7)9/h1-3,7-9,11H,4-6H2,(H,12,14). The van der Waals surface area contributed by atoms with E-state index in [1.165, 1.54) is 13.1 Å². The largest absolute Gasteiger partial charge is 0.368 e. The molecule has 3 rings (SSSR count). The fourth-order valence-electron chi connectivity index (χ4n) is 2.47. The SMILES string of the molecule is c1cnnc(NCC2C3CNCC32)c1. The van der Waals surface area contributed by atoms with E-state index in [0.717, 1.165) is 30.1 Å². The van der Waals surface area contributed by atoms with Crippen molar-refractivity contribution in [2.24, 2.45) is 17.8 Å². The molecule has 2 fully saturated rings. The number of nitrogens with one attached hydrogen (secondary N) is 2. The molecule has 4 nitrogen and oxygen atoms in total. The van der Waals surface area contributed by atoms with Crippen molar-refractivity contribution in [2.45, 2.75) is 0 Å². The summed E-state index contributed by atoms with van der Waals surface area (Å²) in [6, 6.07) is 3.87. The molecule has 74 valence electrons. The van der Waals surface area contributed by atoms with Crippen molar-refractivity contribution < 1.29 is 0 Å². The third-order valence-corrected chi connectivity index (χ3v) is 3.36. The molecule has 2 heterocycles. The predicted molar refractivity (Wildman–Crippen MR) is 53.9 cm³/mol. The van der Waals surface area contributed by atoms with Crippen LogP contribution in [0.1, 0.15) is 0 Å². The monoisotopic (exact) mass is 190 g/mol. The van der Waals surface area contributed by atoms with Crippen LogP contribution in [-0.4, -0.2) is 29.8 Å². The van der Waals surface area contributed by atoms with Gasteiger partial charge in [0, 0.05) is 12.7 Å². The van der Waals surface area contributed by atoms with Crippen molar-refractivity contribution in [3.05, 3.63) is 18.3 Å². The zero-order chi connectivity index (χ0) is 9.38. The average molecular weight is 190 g/mol. The molecule has 14 heavy (non-hydrogen) atoms. The summed E-state index contributed by atoms with van der Waals surface area (Å²) in [5.41, 5.74) is 0. The van der Waals surface area contributed by atoms with Gasteiger partial charge in [-0.2, -0.15) is 5.10 Å². The fraction of sp³-hybridized carbons (Fsp3) is 0.600.